The number of carbonyl (C=O) groups excluding carboxylic acids is 1. The lowest BCUT2D eigenvalue weighted by Crippen LogP contribution is -2.40. The van der Waals surface area contributed by atoms with E-state index in [1.165, 1.54) is 44.4 Å². The Labute approximate surface area is 192 Å². The lowest BCUT2D eigenvalue weighted by molar-refractivity contribution is -0.121. The summed E-state index contributed by atoms with van der Waals surface area (Å²) in [5.41, 5.74) is 0.662. The Morgan fingerprint density at radius 3 is 2.13 bits per heavy atom. The number of hydrogen-bond donors (Lipinski definition) is 1. The second-order valence-corrected chi connectivity index (χ2v) is 11.6. The van der Waals surface area contributed by atoms with Gasteiger partial charge in [0.1, 0.15) is 4.90 Å². The first-order valence-corrected chi connectivity index (χ1v) is 12.8. The van der Waals surface area contributed by atoms with Gasteiger partial charge in [0, 0.05) is 32.2 Å². The molecule has 12 heteroatoms. The Hall–Kier alpha value is -1.69. The van der Waals surface area contributed by atoms with Crippen molar-refractivity contribution in [3.05, 3.63) is 58.1 Å². The van der Waals surface area contributed by atoms with Gasteiger partial charge in [-0.05, 0) is 35.9 Å². The number of benzene rings is 2. The molecule has 0 aliphatic carbocycles. The molecular formula is C19H23Cl2N3O5S2. The molecule has 2 aromatic carbocycles. The van der Waals surface area contributed by atoms with Crippen LogP contribution in [-0.2, 0) is 31.4 Å². The van der Waals surface area contributed by atoms with Gasteiger partial charge >= 0.3 is 0 Å². The number of hydrogen-bond acceptors (Lipinski definition) is 5. The molecule has 31 heavy (non-hydrogen) atoms. The summed E-state index contributed by atoms with van der Waals surface area (Å²) in [6.07, 6.45) is 0. The summed E-state index contributed by atoms with van der Waals surface area (Å²) < 4.78 is 52.0. The Kier molecular flexibility index (Phi) is 8.48. The van der Waals surface area contributed by atoms with E-state index < -0.39 is 32.5 Å². The molecule has 0 aromatic heterocycles. The van der Waals surface area contributed by atoms with Crippen LogP contribution < -0.4 is 5.32 Å². The van der Waals surface area contributed by atoms with Gasteiger partial charge in [0.15, 0.2) is 0 Å². The second kappa shape index (κ2) is 10.3. The molecule has 0 spiro atoms. The van der Waals surface area contributed by atoms with Crippen molar-refractivity contribution < 1.29 is 21.6 Å². The fraction of sp³-hybridized carbons (Fsp3) is 0.316. The third-order valence-corrected chi connectivity index (χ3v) is 8.84. The van der Waals surface area contributed by atoms with Gasteiger partial charge in [-0.2, -0.15) is 4.31 Å². The van der Waals surface area contributed by atoms with Gasteiger partial charge in [-0.3, -0.25) is 4.79 Å². The maximum atomic E-state index is 12.9. The summed E-state index contributed by atoms with van der Waals surface area (Å²) in [6.45, 7) is 1.36. The molecule has 0 radical (unpaired) electrons. The Bertz CT molecular complexity index is 1150. The molecule has 1 amide bonds. The first kappa shape index (κ1) is 25.6. The Balaban J connectivity index is 2.06. The summed E-state index contributed by atoms with van der Waals surface area (Å²) >= 11 is 11.9. The fourth-order valence-electron chi connectivity index (χ4n) is 2.59. The third kappa shape index (κ3) is 6.18. The quantitative estimate of drug-likeness (QED) is 0.561. The molecule has 0 unspecified atom stereocenters. The Morgan fingerprint density at radius 2 is 1.58 bits per heavy atom. The van der Waals surface area contributed by atoms with Gasteiger partial charge < -0.3 is 5.32 Å². The maximum absolute atomic E-state index is 12.9. The SMILES string of the molecule is CCN(CC(=O)NCc1ccc(S(=O)(=O)N(C)C)cc1)S(=O)(=O)c1cc(Cl)ccc1Cl. The number of rotatable bonds is 9. The van der Waals surface area contributed by atoms with E-state index in [0.29, 0.717) is 5.56 Å². The van der Waals surface area contributed by atoms with E-state index in [2.05, 4.69) is 5.32 Å². The molecule has 2 aromatic rings. The molecule has 0 aliphatic heterocycles. The molecule has 0 bridgehead atoms. The van der Waals surface area contributed by atoms with Crippen molar-refractivity contribution in [2.75, 3.05) is 27.2 Å². The van der Waals surface area contributed by atoms with Gasteiger partial charge in [0.2, 0.25) is 26.0 Å². The van der Waals surface area contributed by atoms with Crippen LogP contribution in [0.4, 0.5) is 0 Å². The van der Waals surface area contributed by atoms with E-state index in [1.54, 1.807) is 19.1 Å². The fourth-order valence-corrected chi connectivity index (χ4v) is 5.63. The summed E-state index contributed by atoms with van der Waals surface area (Å²) in [7, 11) is -4.69. The van der Waals surface area contributed by atoms with Gasteiger partial charge in [0.25, 0.3) is 0 Å². The van der Waals surface area contributed by atoms with E-state index in [0.717, 1.165) is 8.61 Å². The van der Waals surface area contributed by atoms with Gasteiger partial charge in [-0.15, -0.1) is 0 Å². The number of nitrogens with zero attached hydrogens (tertiary/aromatic N) is 2. The largest absolute Gasteiger partial charge is 0.351 e. The zero-order valence-electron chi connectivity index (χ0n) is 17.2. The van der Waals surface area contributed by atoms with E-state index in [4.69, 9.17) is 23.2 Å². The van der Waals surface area contributed by atoms with Crippen LogP contribution in [0.5, 0.6) is 0 Å². The molecular weight excluding hydrogens is 485 g/mol. The van der Waals surface area contributed by atoms with Crippen LogP contribution in [-0.4, -0.2) is 58.5 Å². The third-order valence-electron chi connectivity index (χ3n) is 4.38. The number of likely N-dealkylation sites (N-methyl/N-ethyl adjacent to an activating group) is 1. The smallest absolute Gasteiger partial charge is 0.245 e. The molecule has 0 aliphatic rings. The van der Waals surface area contributed by atoms with Gasteiger partial charge in [-0.25, -0.2) is 21.1 Å². The highest BCUT2D eigenvalue weighted by molar-refractivity contribution is 7.89. The Morgan fingerprint density at radius 1 is 0.968 bits per heavy atom. The highest BCUT2D eigenvalue weighted by Crippen LogP contribution is 2.27. The van der Waals surface area contributed by atoms with Gasteiger partial charge in [-0.1, -0.05) is 42.3 Å². The van der Waals surface area contributed by atoms with Crippen molar-refractivity contribution in [2.45, 2.75) is 23.3 Å². The first-order chi connectivity index (χ1) is 14.4. The van der Waals surface area contributed by atoms with Crippen molar-refractivity contribution in [1.82, 2.24) is 13.9 Å². The van der Waals surface area contributed by atoms with E-state index >= 15 is 0 Å². The molecule has 0 saturated carbocycles. The van der Waals surface area contributed by atoms with Crippen LogP contribution in [0.1, 0.15) is 12.5 Å². The van der Waals surface area contributed by atoms with Crippen LogP contribution in [0.2, 0.25) is 10.0 Å². The minimum absolute atomic E-state index is 0.0102. The second-order valence-electron chi connectivity index (χ2n) is 6.71. The van der Waals surface area contributed by atoms with Crippen LogP contribution in [0.25, 0.3) is 0 Å². The van der Waals surface area contributed by atoms with Crippen LogP contribution >= 0.6 is 23.2 Å². The molecule has 0 atom stereocenters. The molecule has 1 N–H and O–H groups in total. The minimum Gasteiger partial charge on any atom is -0.351 e. The number of halogens is 2. The lowest BCUT2D eigenvalue weighted by atomic mass is 10.2. The summed E-state index contributed by atoms with van der Waals surface area (Å²) in [5, 5.41) is 2.85. The van der Waals surface area contributed by atoms with Gasteiger partial charge in [0.05, 0.1) is 16.5 Å². The van der Waals surface area contributed by atoms with E-state index in [9.17, 15) is 21.6 Å². The zero-order valence-corrected chi connectivity index (χ0v) is 20.3. The van der Waals surface area contributed by atoms with E-state index in [1.807, 2.05) is 0 Å². The normalized spacial score (nSPS) is 12.4. The topological polar surface area (TPSA) is 104 Å². The van der Waals surface area contributed by atoms with Crippen LogP contribution in [0.3, 0.4) is 0 Å². The van der Waals surface area contributed by atoms with Crippen molar-refractivity contribution in [3.63, 3.8) is 0 Å². The van der Waals surface area contributed by atoms with Crippen LogP contribution in [0, 0.1) is 0 Å². The molecule has 2 rings (SSSR count). The molecule has 170 valence electrons. The number of amides is 1. The minimum atomic E-state index is -4.03. The van der Waals surface area contributed by atoms with Crippen LogP contribution in [0.15, 0.2) is 52.3 Å². The van der Waals surface area contributed by atoms with Crippen molar-refractivity contribution in [1.29, 1.82) is 0 Å². The lowest BCUT2D eigenvalue weighted by Gasteiger charge is -2.21. The number of carbonyl (C=O) groups is 1. The summed E-state index contributed by atoms with van der Waals surface area (Å²) in [6, 6.07) is 10.1. The highest BCUT2D eigenvalue weighted by Gasteiger charge is 2.27. The average Bonchev–Trinajstić information content (AvgIpc) is 2.72. The zero-order chi connectivity index (χ0) is 23.4. The standard InChI is InChI=1S/C19H23Cl2N3O5S2/c1-4-24(31(28,29)18-11-15(20)7-10-17(18)21)13-19(25)22-12-14-5-8-16(9-6-14)30(26,27)23(2)3/h5-11H,4,12-13H2,1-3H3,(H,22,25). The molecule has 0 fully saturated rings. The molecule has 8 nitrogen and oxygen atoms in total. The average molecular weight is 508 g/mol. The van der Waals surface area contributed by atoms with Crippen molar-refractivity contribution >= 4 is 49.2 Å². The number of nitrogens with one attached hydrogen (secondary N) is 1. The summed E-state index contributed by atoms with van der Waals surface area (Å²) in [5.74, 6) is -0.520. The van der Waals surface area contributed by atoms with Crippen molar-refractivity contribution in [3.8, 4) is 0 Å². The molecule has 0 heterocycles. The van der Waals surface area contributed by atoms with E-state index in [-0.39, 0.29) is 32.9 Å². The predicted octanol–water partition coefficient (Wildman–Crippen LogP) is 2.57. The molecule has 0 saturated heterocycles. The monoisotopic (exact) mass is 507 g/mol. The predicted molar refractivity (Wildman–Crippen MR) is 120 cm³/mol. The maximum Gasteiger partial charge on any atom is 0.245 e. The first-order valence-electron chi connectivity index (χ1n) is 9.13. The number of sulfonamides is 2. The highest BCUT2D eigenvalue weighted by atomic mass is 35.5. The summed E-state index contributed by atoms with van der Waals surface area (Å²) in [4.78, 5) is 12.3. The van der Waals surface area contributed by atoms with Crippen molar-refractivity contribution in [2.24, 2.45) is 0 Å².